The van der Waals surface area contributed by atoms with Crippen molar-refractivity contribution >= 4 is 5.91 Å². The highest BCUT2D eigenvalue weighted by Gasteiger charge is 2.42. The first-order valence-electron chi connectivity index (χ1n) is 8.49. The van der Waals surface area contributed by atoms with E-state index in [0.29, 0.717) is 19.2 Å². The van der Waals surface area contributed by atoms with Crippen molar-refractivity contribution in [2.24, 2.45) is 5.92 Å². The molecule has 126 valence electrons. The van der Waals surface area contributed by atoms with E-state index in [9.17, 15) is 4.79 Å². The van der Waals surface area contributed by atoms with E-state index in [1.165, 1.54) is 0 Å². The molecule has 0 saturated carbocycles. The molecule has 8 heteroatoms. The zero-order valence-corrected chi connectivity index (χ0v) is 13.6. The van der Waals surface area contributed by atoms with E-state index in [-0.39, 0.29) is 30.0 Å². The summed E-state index contributed by atoms with van der Waals surface area (Å²) < 4.78 is 7.85. The van der Waals surface area contributed by atoms with Crippen molar-refractivity contribution in [3.63, 3.8) is 0 Å². The monoisotopic (exact) mass is 320 g/mol. The van der Waals surface area contributed by atoms with Crippen molar-refractivity contribution in [1.29, 1.82) is 0 Å². The Morgan fingerprint density at radius 2 is 2.35 bits per heavy atom. The second-order valence-corrected chi connectivity index (χ2v) is 6.80. The van der Waals surface area contributed by atoms with Gasteiger partial charge >= 0.3 is 0 Å². The Balaban J connectivity index is 1.49. The smallest absolute Gasteiger partial charge is 0.241 e. The molecule has 0 aliphatic carbocycles. The Hall–Kier alpha value is -1.51. The lowest BCUT2D eigenvalue weighted by Gasteiger charge is -2.41. The first-order valence-corrected chi connectivity index (χ1v) is 8.49. The third-order valence-corrected chi connectivity index (χ3v) is 5.53. The summed E-state index contributed by atoms with van der Waals surface area (Å²) in [7, 11) is 0. The van der Waals surface area contributed by atoms with Crippen molar-refractivity contribution in [3.8, 4) is 0 Å². The number of ether oxygens (including phenoxy) is 1. The SMILES string of the molecule is CCC1NNC(C(=O)N2CC[C@@H]3OCc4cnnn4[C@@H]3C2)C1C. The maximum absolute atomic E-state index is 12.9. The molecule has 0 aromatic carbocycles. The molecular weight excluding hydrogens is 296 g/mol. The molecule has 3 unspecified atom stereocenters. The van der Waals surface area contributed by atoms with Gasteiger partial charge in [-0.15, -0.1) is 5.10 Å². The molecule has 1 amide bonds. The Bertz CT molecular complexity index is 590. The van der Waals surface area contributed by atoms with Gasteiger partial charge in [0.1, 0.15) is 6.04 Å². The largest absolute Gasteiger partial charge is 0.370 e. The number of carbonyl (C=O) groups is 1. The Morgan fingerprint density at radius 3 is 3.13 bits per heavy atom. The third kappa shape index (κ3) is 2.45. The molecule has 5 atom stereocenters. The minimum Gasteiger partial charge on any atom is -0.370 e. The molecule has 0 spiro atoms. The average molecular weight is 320 g/mol. The van der Waals surface area contributed by atoms with Gasteiger partial charge in [0.05, 0.1) is 30.6 Å². The number of carbonyl (C=O) groups excluding carboxylic acids is 1. The summed E-state index contributed by atoms with van der Waals surface area (Å²) in [6.07, 6.45) is 3.73. The predicted molar refractivity (Wildman–Crippen MR) is 82.1 cm³/mol. The van der Waals surface area contributed by atoms with E-state index in [1.54, 1.807) is 6.20 Å². The van der Waals surface area contributed by atoms with Crippen molar-refractivity contribution in [2.75, 3.05) is 13.1 Å². The average Bonchev–Trinajstić information content (AvgIpc) is 3.20. The van der Waals surface area contributed by atoms with Gasteiger partial charge in [0.15, 0.2) is 0 Å². The van der Waals surface area contributed by atoms with E-state index >= 15 is 0 Å². The molecule has 3 aliphatic heterocycles. The van der Waals surface area contributed by atoms with Crippen molar-refractivity contribution < 1.29 is 9.53 Å². The maximum Gasteiger partial charge on any atom is 0.241 e. The van der Waals surface area contributed by atoms with Gasteiger partial charge in [0, 0.05) is 19.1 Å². The van der Waals surface area contributed by atoms with Crippen LogP contribution in [-0.2, 0) is 16.1 Å². The summed E-state index contributed by atoms with van der Waals surface area (Å²) in [4.78, 5) is 14.9. The fourth-order valence-electron chi connectivity index (χ4n) is 4.03. The highest BCUT2D eigenvalue weighted by atomic mass is 16.5. The summed E-state index contributed by atoms with van der Waals surface area (Å²) >= 11 is 0. The fraction of sp³-hybridized carbons (Fsp3) is 0.800. The maximum atomic E-state index is 12.9. The number of aromatic nitrogens is 3. The van der Waals surface area contributed by atoms with Gasteiger partial charge in [-0.25, -0.2) is 10.1 Å². The normalized spacial score (nSPS) is 36.6. The molecule has 1 aromatic heterocycles. The molecule has 23 heavy (non-hydrogen) atoms. The van der Waals surface area contributed by atoms with E-state index in [2.05, 4.69) is 35.0 Å². The number of hydrogen-bond donors (Lipinski definition) is 2. The van der Waals surface area contributed by atoms with Crippen molar-refractivity contribution in [2.45, 2.75) is 57.5 Å². The van der Waals surface area contributed by atoms with Gasteiger partial charge in [-0.05, 0) is 18.8 Å². The number of hydrazine groups is 1. The first kappa shape index (κ1) is 15.0. The molecule has 2 N–H and O–H groups in total. The fourth-order valence-corrected chi connectivity index (χ4v) is 4.03. The molecule has 4 heterocycles. The molecule has 8 nitrogen and oxygen atoms in total. The summed E-state index contributed by atoms with van der Waals surface area (Å²) in [6.45, 7) is 6.22. The van der Waals surface area contributed by atoms with Gasteiger partial charge in [0.25, 0.3) is 0 Å². The highest BCUT2D eigenvalue weighted by Crippen LogP contribution is 2.31. The molecule has 4 rings (SSSR count). The molecular formula is C15H24N6O2. The molecule has 3 aliphatic rings. The number of amides is 1. The quantitative estimate of drug-likeness (QED) is 0.788. The summed E-state index contributed by atoms with van der Waals surface area (Å²) in [5.41, 5.74) is 7.41. The number of likely N-dealkylation sites (tertiary alicyclic amines) is 1. The van der Waals surface area contributed by atoms with E-state index < -0.39 is 0 Å². The first-order chi connectivity index (χ1) is 11.2. The van der Waals surface area contributed by atoms with Gasteiger partial charge < -0.3 is 9.64 Å². The Labute approximate surface area is 135 Å². The zero-order chi connectivity index (χ0) is 16.0. The van der Waals surface area contributed by atoms with Crippen molar-refractivity contribution in [1.82, 2.24) is 30.7 Å². The number of nitrogens with zero attached hydrogens (tertiary/aromatic N) is 4. The Kier molecular flexibility index (Phi) is 3.82. The van der Waals surface area contributed by atoms with Gasteiger partial charge in [0.2, 0.25) is 5.91 Å². The van der Waals surface area contributed by atoms with Crippen LogP contribution in [0.4, 0.5) is 0 Å². The number of hydrogen-bond acceptors (Lipinski definition) is 6. The van der Waals surface area contributed by atoms with E-state index in [1.807, 2.05) is 9.58 Å². The van der Waals surface area contributed by atoms with Crippen LogP contribution in [0.2, 0.25) is 0 Å². The second kappa shape index (κ2) is 5.85. The van der Waals surface area contributed by atoms with Crippen LogP contribution in [0.3, 0.4) is 0 Å². The molecule has 0 radical (unpaired) electrons. The lowest BCUT2D eigenvalue weighted by molar-refractivity contribution is -0.140. The molecule has 2 fully saturated rings. The van der Waals surface area contributed by atoms with Crippen LogP contribution in [0.25, 0.3) is 0 Å². The lowest BCUT2D eigenvalue weighted by Crippen LogP contribution is -2.54. The minimum atomic E-state index is -0.156. The predicted octanol–water partition coefficient (Wildman–Crippen LogP) is -0.159. The van der Waals surface area contributed by atoms with Crippen molar-refractivity contribution in [3.05, 3.63) is 11.9 Å². The number of fused-ring (bicyclic) bond motifs is 3. The molecule has 0 bridgehead atoms. The zero-order valence-electron chi connectivity index (χ0n) is 13.6. The minimum absolute atomic E-state index is 0.0746. The topological polar surface area (TPSA) is 84.3 Å². The summed E-state index contributed by atoms with van der Waals surface area (Å²) in [6, 6.07) is 0.267. The van der Waals surface area contributed by atoms with Crippen LogP contribution < -0.4 is 10.9 Å². The van der Waals surface area contributed by atoms with Crippen LogP contribution in [0, 0.1) is 5.92 Å². The lowest BCUT2D eigenvalue weighted by atomic mass is 9.92. The number of nitrogens with one attached hydrogen (secondary N) is 2. The van der Waals surface area contributed by atoms with Crippen LogP contribution in [0.5, 0.6) is 0 Å². The van der Waals surface area contributed by atoms with Gasteiger partial charge in [-0.2, -0.15) is 0 Å². The van der Waals surface area contributed by atoms with E-state index in [4.69, 9.17) is 4.74 Å². The van der Waals surface area contributed by atoms with Crippen LogP contribution in [0.15, 0.2) is 6.20 Å². The summed E-state index contributed by atoms with van der Waals surface area (Å²) in [5.74, 6) is 0.460. The van der Waals surface area contributed by atoms with Crippen LogP contribution >= 0.6 is 0 Å². The highest BCUT2D eigenvalue weighted by molar-refractivity contribution is 5.82. The summed E-state index contributed by atoms with van der Waals surface area (Å²) in [5, 5.41) is 8.18. The number of piperidine rings is 1. The van der Waals surface area contributed by atoms with Crippen LogP contribution in [-0.4, -0.2) is 57.1 Å². The van der Waals surface area contributed by atoms with Gasteiger partial charge in [-0.1, -0.05) is 19.1 Å². The standard InChI is InChI=1S/C15H24N6O2/c1-3-11-9(2)14(18-17-11)15(22)20-5-4-13-12(7-20)21-10(8-23-13)6-16-19-21/h6,9,11-14,17-18H,3-5,7-8H2,1-2H3/t9?,11?,12-,13+,14?/m1/s1. The van der Waals surface area contributed by atoms with Gasteiger partial charge in [-0.3, -0.25) is 10.2 Å². The Morgan fingerprint density at radius 1 is 1.48 bits per heavy atom. The molecule has 2 saturated heterocycles. The second-order valence-electron chi connectivity index (χ2n) is 6.80. The van der Waals surface area contributed by atoms with Crippen LogP contribution in [0.1, 0.15) is 38.4 Å². The molecule has 1 aromatic rings. The van der Waals surface area contributed by atoms with E-state index in [0.717, 1.165) is 25.1 Å². The number of rotatable bonds is 2. The third-order valence-electron chi connectivity index (χ3n) is 5.53.